The molecule has 0 saturated heterocycles. The van der Waals surface area contributed by atoms with Crippen LogP contribution in [0.5, 0.6) is 5.75 Å². The van der Waals surface area contributed by atoms with Crippen LogP contribution < -0.4 is 0 Å². The summed E-state index contributed by atoms with van der Waals surface area (Å²) in [5.41, 5.74) is 0.851. The van der Waals surface area contributed by atoms with Crippen molar-refractivity contribution in [1.29, 1.82) is 0 Å². The third-order valence-electron chi connectivity index (χ3n) is 3.41. The summed E-state index contributed by atoms with van der Waals surface area (Å²) < 4.78 is 26.4. The quantitative estimate of drug-likeness (QED) is 0.937. The van der Waals surface area contributed by atoms with Crippen molar-refractivity contribution in [2.24, 2.45) is 0 Å². The van der Waals surface area contributed by atoms with Gasteiger partial charge in [-0.15, -0.1) is 0 Å². The summed E-state index contributed by atoms with van der Waals surface area (Å²) in [7, 11) is -2.09. The molecule has 0 amide bonds. The number of sulfonamides is 1. The summed E-state index contributed by atoms with van der Waals surface area (Å²) in [6.45, 7) is 1.81. The van der Waals surface area contributed by atoms with Gasteiger partial charge in [-0.25, -0.2) is 8.42 Å². The van der Waals surface area contributed by atoms with Crippen LogP contribution >= 0.6 is 11.6 Å². The molecule has 2 rings (SSSR count). The van der Waals surface area contributed by atoms with Gasteiger partial charge >= 0.3 is 0 Å². The predicted octanol–water partition coefficient (Wildman–Crippen LogP) is 3.43. The summed E-state index contributed by atoms with van der Waals surface area (Å²) in [6, 6.07) is 12.2. The monoisotopic (exact) mass is 325 g/mol. The van der Waals surface area contributed by atoms with Crippen LogP contribution in [0.1, 0.15) is 18.5 Å². The van der Waals surface area contributed by atoms with E-state index in [4.69, 9.17) is 11.6 Å². The van der Waals surface area contributed by atoms with Crippen LogP contribution in [0.2, 0.25) is 5.02 Å². The molecule has 0 aliphatic rings. The maximum Gasteiger partial charge on any atom is 0.243 e. The van der Waals surface area contributed by atoms with Gasteiger partial charge < -0.3 is 5.11 Å². The number of benzene rings is 2. The van der Waals surface area contributed by atoms with Crippen LogP contribution in [0, 0.1) is 0 Å². The zero-order chi connectivity index (χ0) is 15.6. The Balaban J connectivity index is 2.31. The zero-order valence-electron chi connectivity index (χ0n) is 11.7. The Morgan fingerprint density at radius 1 is 1.05 bits per heavy atom. The van der Waals surface area contributed by atoms with Crippen molar-refractivity contribution >= 4 is 21.6 Å². The second-order valence-electron chi connectivity index (χ2n) is 4.74. The molecule has 4 nitrogen and oxygen atoms in total. The Morgan fingerprint density at radius 2 is 1.57 bits per heavy atom. The number of aromatic hydroxyl groups is 1. The minimum atomic E-state index is -3.62. The largest absolute Gasteiger partial charge is 0.508 e. The lowest BCUT2D eigenvalue weighted by molar-refractivity contribution is 0.398. The van der Waals surface area contributed by atoms with Crippen LogP contribution in [0.4, 0.5) is 0 Å². The highest BCUT2D eigenvalue weighted by Crippen LogP contribution is 2.27. The molecular weight excluding hydrogens is 310 g/mol. The fourth-order valence-electron chi connectivity index (χ4n) is 1.94. The lowest BCUT2D eigenvalue weighted by atomic mass is 10.1. The number of hydrogen-bond donors (Lipinski definition) is 1. The van der Waals surface area contributed by atoms with Crippen molar-refractivity contribution in [3.63, 3.8) is 0 Å². The van der Waals surface area contributed by atoms with E-state index in [1.165, 1.54) is 35.6 Å². The normalized spacial score (nSPS) is 13.3. The summed E-state index contributed by atoms with van der Waals surface area (Å²) in [5.74, 6) is 0.0300. The second-order valence-corrected chi connectivity index (χ2v) is 7.18. The molecule has 1 unspecified atom stereocenters. The SMILES string of the molecule is CC(c1ccc(Cl)cc1)N(C)S(=O)(=O)c1ccc(O)cc1. The van der Waals surface area contributed by atoms with Gasteiger partial charge in [0.15, 0.2) is 0 Å². The Bertz CT molecular complexity index is 712. The molecule has 0 saturated carbocycles. The zero-order valence-corrected chi connectivity index (χ0v) is 13.3. The first-order valence-corrected chi connectivity index (χ1v) is 8.16. The van der Waals surface area contributed by atoms with Crippen molar-refractivity contribution in [3.05, 3.63) is 59.1 Å². The predicted molar refractivity (Wildman–Crippen MR) is 82.9 cm³/mol. The number of phenolic OH excluding ortho intramolecular Hbond substituents is 1. The van der Waals surface area contributed by atoms with E-state index >= 15 is 0 Å². The maximum absolute atomic E-state index is 12.5. The van der Waals surface area contributed by atoms with E-state index in [0.717, 1.165) is 5.56 Å². The summed E-state index contributed by atoms with van der Waals surface area (Å²) in [5, 5.41) is 9.86. The molecule has 0 radical (unpaired) electrons. The van der Waals surface area contributed by atoms with E-state index in [9.17, 15) is 13.5 Å². The molecule has 0 aromatic heterocycles. The molecule has 21 heavy (non-hydrogen) atoms. The smallest absolute Gasteiger partial charge is 0.243 e. The van der Waals surface area contributed by atoms with Crippen LogP contribution in [-0.4, -0.2) is 24.9 Å². The fourth-order valence-corrected chi connectivity index (χ4v) is 3.42. The molecule has 2 aromatic carbocycles. The Labute approximate surface area is 129 Å². The van der Waals surface area contributed by atoms with Crippen LogP contribution in [0.25, 0.3) is 0 Å². The van der Waals surface area contributed by atoms with E-state index in [1.54, 1.807) is 31.2 Å². The topological polar surface area (TPSA) is 57.6 Å². The third-order valence-corrected chi connectivity index (χ3v) is 5.61. The third kappa shape index (κ3) is 3.37. The van der Waals surface area contributed by atoms with E-state index in [2.05, 4.69) is 0 Å². The van der Waals surface area contributed by atoms with Gasteiger partial charge in [0, 0.05) is 18.1 Å². The van der Waals surface area contributed by atoms with Crippen molar-refractivity contribution < 1.29 is 13.5 Å². The molecule has 1 N–H and O–H groups in total. The number of nitrogens with zero attached hydrogens (tertiary/aromatic N) is 1. The molecule has 0 spiro atoms. The van der Waals surface area contributed by atoms with E-state index in [0.29, 0.717) is 5.02 Å². The first-order chi connectivity index (χ1) is 9.82. The average Bonchev–Trinajstić information content (AvgIpc) is 2.47. The van der Waals surface area contributed by atoms with Crippen LogP contribution in [0.3, 0.4) is 0 Å². The molecule has 0 aliphatic heterocycles. The summed E-state index contributed by atoms with van der Waals surface area (Å²) >= 11 is 5.84. The maximum atomic E-state index is 12.5. The highest BCUT2D eigenvalue weighted by Gasteiger charge is 2.26. The number of rotatable bonds is 4. The van der Waals surface area contributed by atoms with Crippen molar-refractivity contribution in [2.75, 3.05) is 7.05 Å². The standard InChI is InChI=1S/C15H16ClNO3S/c1-11(12-3-5-13(16)6-4-12)17(2)21(19,20)15-9-7-14(18)8-10-15/h3-11,18H,1-2H3. The first-order valence-electron chi connectivity index (χ1n) is 6.35. The Hall–Kier alpha value is -1.56. The molecular formula is C15H16ClNO3S. The van der Waals surface area contributed by atoms with Gasteiger partial charge in [-0.2, -0.15) is 4.31 Å². The van der Waals surface area contributed by atoms with Gasteiger partial charge in [-0.3, -0.25) is 0 Å². The van der Waals surface area contributed by atoms with Gasteiger partial charge in [0.1, 0.15) is 5.75 Å². The van der Waals surface area contributed by atoms with E-state index < -0.39 is 10.0 Å². The molecule has 2 aromatic rings. The lowest BCUT2D eigenvalue weighted by Crippen LogP contribution is -2.29. The van der Waals surface area contributed by atoms with Crippen LogP contribution in [0.15, 0.2) is 53.4 Å². The lowest BCUT2D eigenvalue weighted by Gasteiger charge is -2.24. The van der Waals surface area contributed by atoms with Gasteiger partial charge in [0.05, 0.1) is 4.90 Å². The van der Waals surface area contributed by atoms with Gasteiger partial charge in [-0.05, 0) is 48.9 Å². The van der Waals surface area contributed by atoms with E-state index in [-0.39, 0.29) is 16.7 Å². The van der Waals surface area contributed by atoms with Crippen molar-refractivity contribution in [2.45, 2.75) is 17.9 Å². The molecule has 0 aliphatic carbocycles. The fraction of sp³-hybridized carbons (Fsp3) is 0.200. The molecule has 0 bridgehead atoms. The first kappa shape index (κ1) is 15.8. The van der Waals surface area contributed by atoms with Crippen LogP contribution in [-0.2, 0) is 10.0 Å². The minimum absolute atomic E-state index is 0.0300. The minimum Gasteiger partial charge on any atom is -0.508 e. The number of phenols is 1. The molecule has 1 atom stereocenters. The Kier molecular flexibility index (Phi) is 4.56. The van der Waals surface area contributed by atoms with E-state index in [1.807, 2.05) is 0 Å². The average molecular weight is 326 g/mol. The molecule has 0 fully saturated rings. The second kappa shape index (κ2) is 6.05. The number of hydrogen-bond acceptors (Lipinski definition) is 3. The van der Waals surface area contributed by atoms with Crippen molar-refractivity contribution in [3.8, 4) is 5.75 Å². The molecule has 6 heteroatoms. The molecule has 112 valence electrons. The van der Waals surface area contributed by atoms with Crippen molar-refractivity contribution in [1.82, 2.24) is 4.31 Å². The molecule has 0 heterocycles. The summed E-state index contributed by atoms with van der Waals surface area (Å²) in [6.07, 6.45) is 0. The highest BCUT2D eigenvalue weighted by atomic mass is 35.5. The highest BCUT2D eigenvalue weighted by molar-refractivity contribution is 7.89. The van der Waals surface area contributed by atoms with Gasteiger partial charge in [0.2, 0.25) is 10.0 Å². The van der Waals surface area contributed by atoms with Gasteiger partial charge in [0.25, 0.3) is 0 Å². The number of halogens is 1. The summed E-state index contributed by atoms with van der Waals surface area (Å²) in [4.78, 5) is 0.142. The Morgan fingerprint density at radius 3 is 2.10 bits per heavy atom. The van der Waals surface area contributed by atoms with Gasteiger partial charge in [-0.1, -0.05) is 23.7 Å².